The molecule has 0 atom stereocenters. The van der Waals surface area contributed by atoms with Gasteiger partial charge in [-0.3, -0.25) is 8.57 Å². The minimum absolute atomic E-state index is 0.665. The number of halogens is 2. The molecule has 0 saturated carbocycles. The summed E-state index contributed by atoms with van der Waals surface area (Å²) in [7, 11) is -1.77. The summed E-state index contributed by atoms with van der Waals surface area (Å²) in [5, 5.41) is 8.49. The van der Waals surface area contributed by atoms with Crippen molar-refractivity contribution in [3.63, 3.8) is 0 Å². The van der Waals surface area contributed by atoms with E-state index in [-0.39, 0.29) is 0 Å². The van der Waals surface area contributed by atoms with Crippen LogP contribution in [0, 0.1) is 0 Å². The zero-order chi connectivity index (χ0) is 15.9. The average molecular weight is 456 g/mol. The van der Waals surface area contributed by atoms with Crippen molar-refractivity contribution < 1.29 is 8.57 Å². The lowest BCUT2D eigenvalue weighted by molar-refractivity contribution is 0.296. The van der Waals surface area contributed by atoms with Gasteiger partial charge >= 0.3 is 0 Å². The maximum atomic E-state index is 5.69. The molecule has 0 fully saturated rings. The predicted octanol–water partition coefficient (Wildman–Crippen LogP) is 5.02. The maximum Gasteiger partial charge on any atom is 0.111 e. The monoisotopic (exact) mass is 454 g/mol. The van der Waals surface area contributed by atoms with E-state index in [4.69, 9.17) is 8.57 Å². The Bertz CT molecular complexity index is 734. The van der Waals surface area contributed by atoms with Crippen LogP contribution in [0.25, 0.3) is 0 Å². The van der Waals surface area contributed by atoms with Gasteiger partial charge in [-0.2, -0.15) is 0 Å². The molecule has 0 saturated heterocycles. The standard InChI is InChI=1S/C16H12Br2N2O2S/c17-13-5-1-11(2-6-13)15-9-23(21-19-15)10-16(20-22-23)12-3-7-14(18)8-4-12/h1-8H,9-10H2. The molecular weight excluding hydrogens is 444 g/mol. The van der Waals surface area contributed by atoms with E-state index in [1.165, 1.54) is 0 Å². The van der Waals surface area contributed by atoms with E-state index in [1.54, 1.807) is 0 Å². The minimum Gasteiger partial charge on any atom is -0.270 e. The van der Waals surface area contributed by atoms with E-state index in [1.807, 2.05) is 48.5 Å². The highest BCUT2D eigenvalue weighted by molar-refractivity contribution is 9.10. The van der Waals surface area contributed by atoms with E-state index in [2.05, 4.69) is 42.2 Å². The number of rotatable bonds is 2. The summed E-state index contributed by atoms with van der Waals surface area (Å²) in [6.45, 7) is 0. The molecule has 2 aromatic carbocycles. The molecule has 2 aliphatic heterocycles. The van der Waals surface area contributed by atoms with Crippen molar-refractivity contribution >= 4 is 53.9 Å². The van der Waals surface area contributed by atoms with Gasteiger partial charge in [0.25, 0.3) is 0 Å². The molecule has 0 aromatic heterocycles. The molecule has 0 aliphatic carbocycles. The lowest BCUT2D eigenvalue weighted by atomic mass is 10.1. The van der Waals surface area contributed by atoms with Crippen molar-refractivity contribution in [2.45, 2.75) is 0 Å². The van der Waals surface area contributed by atoms with Gasteiger partial charge in [0.2, 0.25) is 0 Å². The van der Waals surface area contributed by atoms with Gasteiger partial charge in [-0.25, -0.2) is 0 Å². The Hall–Kier alpha value is -1.31. The molecule has 118 valence electrons. The Balaban J connectivity index is 1.49. The molecule has 4 rings (SSSR count). The largest absolute Gasteiger partial charge is 0.270 e. The van der Waals surface area contributed by atoms with E-state index in [0.29, 0.717) is 11.5 Å². The van der Waals surface area contributed by atoms with Crippen molar-refractivity contribution in [3.05, 3.63) is 68.6 Å². The molecule has 0 unspecified atom stereocenters. The van der Waals surface area contributed by atoms with Gasteiger partial charge in [-0.1, -0.05) is 77.0 Å². The molecule has 4 nitrogen and oxygen atoms in total. The van der Waals surface area contributed by atoms with Crippen LogP contribution in [-0.2, 0) is 8.57 Å². The van der Waals surface area contributed by atoms with Crippen molar-refractivity contribution in [1.29, 1.82) is 0 Å². The van der Waals surface area contributed by atoms with E-state index in [0.717, 1.165) is 31.5 Å². The first-order chi connectivity index (χ1) is 11.1. The van der Waals surface area contributed by atoms with Crippen LogP contribution in [-0.4, -0.2) is 22.9 Å². The lowest BCUT2D eigenvalue weighted by Crippen LogP contribution is -2.13. The molecular formula is C16H12Br2N2O2S. The van der Waals surface area contributed by atoms with E-state index >= 15 is 0 Å². The zero-order valence-electron chi connectivity index (χ0n) is 11.9. The summed E-state index contributed by atoms with van der Waals surface area (Å²) >= 11 is 6.88. The molecule has 2 heterocycles. The fraction of sp³-hybridized carbons (Fsp3) is 0.125. The molecule has 0 radical (unpaired) electrons. The fourth-order valence-electron chi connectivity index (χ4n) is 2.42. The van der Waals surface area contributed by atoms with Gasteiger partial charge in [0, 0.05) is 20.1 Å². The summed E-state index contributed by atoms with van der Waals surface area (Å²) in [6, 6.07) is 16.1. The highest BCUT2D eigenvalue weighted by atomic mass is 79.9. The minimum atomic E-state index is -1.77. The smallest absolute Gasteiger partial charge is 0.111 e. The van der Waals surface area contributed by atoms with Crippen molar-refractivity contribution in [2.24, 2.45) is 10.3 Å². The second-order valence-corrected chi connectivity index (χ2v) is 9.47. The number of hydrogen-bond donors (Lipinski definition) is 0. The second kappa shape index (κ2) is 5.96. The molecule has 7 heteroatoms. The highest BCUT2D eigenvalue weighted by Gasteiger charge is 2.38. The van der Waals surface area contributed by atoms with Crippen LogP contribution in [0.2, 0.25) is 0 Å². The highest BCUT2D eigenvalue weighted by Crippen LogP contribution is 2.57. The number of hydrogen-bond acceptors (Lipinski definition) is 4. The molecule has 0 bridgehead atoms. The second-order valence-electron chi connectivity index (χ2n) is 5.27. The molecule has 23 heavy (non-hydrogen) atoms. The fourth-order valence-corrected chi connectivity index (χ4v) is 5.01. The van der Waals surface area contributed by atoms with Crippen LogP contribution in [0.5, 0.6) is 0 Å². The van der Waals surface area contributed by atoms with Crippen LogP contribution in [0.4, 0.5) is 0 Å². The van der Waals surface area contributed by atoms with Gasteiger partial charge < -0.3 is 0 Å². The molecule has 2 aromatic rings. The third-order valence-electron chi connectivity index (χ3n) is 3.63. The summed E-state index contributed by atoms with van der Waals surface area (Å²) in [4.78, 5) is 0. The molecule has 1 spiro atoms. The summed E-state index contributed by atoms with van der Waals surface area (Å²) in [5.74, 6) is 1.33. The normalized spacial score (nSPS) is 19.7. The maximum absolute atomic E-state index is 5.69. The Labute approximate surface area is 152 Å². The van der Waals surface area contributed by atoms with Crippen LogP contribution < -0.4 is 0 Å². The topological polar surface area (TPSA) is 43.2 Å². The Morgan fingerprint density at radius 3 is 1.48 bits per heavy atom. The third-order valence-corrected chi connectivity index (χ3v) is 6.81. The van der Waals surface area contributed by atoms with Crippen molar-refractivity contribution in [2.75, 3.05) is 11.5 Å². The van der Waals surface area contributed by atoms with Gasteiger partial charge in [0.05, 0.1) is 0 Å². The van der Waals surface area contributed by atoms with E-state index in [9.17, 15) is 0 Å². The first kappa shape index (κ1) is 15.2. The quantitative estimate of drug-likeness (QED) is 0.638. The first-order valence-corrected chi connectivity index (χ1v) is 10.4. The van der Waals surface area contributed by atoms with Crippen LogP contribution >= 0.6 is 42.4 Å². The van der Waals surface area contributed by atoms with Crippen molar-refractivity contribution in [3.8, 4) is 0 Å². The lowest BCUT2D eigenvalue weighted by Gasteiger charge is -2.27. The number of benzene rings is 2. The van der Waals surface area contributed by atoms with Crippen LogP contribution in [0.1, 0.15) is 11.1 Å². The zero-order valence-corrected chi connectivity index (χ0v) is 15.9. The number of oxime groups is 2. The molecule has 0 amide bonds. The predicted molar refractivity (Wildman–Crippen MR) is 101 cm³/mol. The molecule has 2 aliphatic rings. The van der Waals surface area contributed by atoms with E-state index < -0.39 is 10.6 Å². The number of nitrogens with zero attached hydrogens (tertiary/aromatic N) is 2. The third kappa shape index (κ3) is 3.05. The van der Waals surface area contributed by atoms with Gasteiger partial charge in [0.15, 0.2) is 0 Å². The van der Waals surface area contributed by atoms with Gasteiger partial charge in [0.1, 0.15) is 22.9 Å². The summed E-state index contributed by atoms with van der Waals surface area (Å²) in [6.07, 6.45) is 0. The first-order valence-electron chi connectivity index (χ1n) is 6.95. The summed E-state index contributed by atoms with van der Waals surface area (Å²) in [5.41, 5.74) is 3.94. The van der Waals surface area contributed by atoms with Crippen LogP contribution in [0.3, 0.4) is 0 Å². The summed E-state index contributed by atoms with van der Waals surface area (Å²) < 4.78 is 13.5. The Kier molecular flexibility index (Phi) is 3.95. The SMILES string of the molecule is Brc1ccc(C2=NOS3(C2)CC(c2ccc(Br)cc2)=NO3)cc1. The average Bonchev–Trinajstić information content (AvgIpc) is 3.17. The Morgan fingerprint density at radius 1 is 0.696 bits per heavy atom. The van der Waals surface area contributed by atoms with Gasteiger partial charge in [-0.05, 0) is 24.3 Å². The van der Waals surface area contributed by atoms with Crippen LogP contribution in [0.15, 0.2) is 67.8 Å². The Morgan fingerprint density at radius 2 is 1.09 bits per heavy atom. The van der Waals surface area contributed by atoms with Gasteiger partial charge in [-0.15, -0.1) is 0 Å². The molecule has 0 N–H and O–H groups in total. The van der Waals surface area contributed by atoms with Crippen molar-refractivity contribution in [1.82, 2.24) is 0 Å².